The van der Waals surface area contributed by atoms with Gasteiger partial charge in [-0.1, -0.05) is 25.1 Å². The molecule has 25 heavy (non-hydrogen) atoms. The highest BCUT2D eigenvalue weighted by molar-refractivity contribution is 8.72. The van der Waals surface area contributed by atoms with E-state index in [9.17, 15) is 13.2 Å². The molecule has 0 aliphatic rings. The van der Waals surface area contributed by atoms with Gasteiger partial charge in [-0.3, -0.25) is 0 Å². The van der Waals surface area contributed by atoms with Crippen LogP contribution in [0.2, 0.25) is 0 Å². The second kappa shape index (κ2) is 9.48. The Hall–Kier alpha value is -1.99. The molecule has 134 valence electrons. The van der Waals surface area contributed by atoms with Crippen LogP contribution in [0.3, 0.4) is 0 Å². The Bertz CT molecular complexity index is 774. The van der Waals surface area contributed by atoms with E-state index in [1.165, 1.54) is 0 Å². The first-order valence-electron chi connectivity index (χ1n) is 7.98. The zero-order valence-electron chi connectivity index (χ0n) is 14.0. The molecule has 0 spiro atoms. The molecule has 0 unspecified atom stereocenters. The van der Waals surface area contributed by atoms with E-state index in [0.717, 1.165) is 22.9 Å². The molecule has 0 aromatic heterocycles. The van der Waals surface area contributed by atoms with Gasteiger partial charge < -0.3 is 10.1 Å². The molecule has 0 saturated heterocycles. The Morgan fingerprint density at radius 2 is 1.76 bits per heavy atom. The maximum Gasteiger partial charge on any atom is 0.338 e. The van der Waals surface area contributed by atoms with Crippen molar-refractivity contribution in [3.63, 3.8) is 0 Å². The Kier molecular flexibility index (Phi) is 7.33. The van der Waals surface area contributed by atoms with Crippen LogP contribution in [-0.2, 0) is 13.6 Å². The largest absolute Gasteiger partial charge is 0.462 e. The van der Waals surface area contributed by atoms with E-state index >= 15 is 0 Å². The van der Waals surface area contributed by atoms with E-state index in [1.807, 2.05) is 6.92 Å². The van der Waals surface area contributed by atoms with Gasteiger partial charge in [0, 0.05) is 18.0 Å². The van der Waals surface area contributed by atoms with Crippen LogP contribution < -0.4 is 5.32 Å². The van der Waals surface area contributed by atoms with Crippen LogP contribution in [0.25, 0.3) is 0 Å². The summed E-state index contributed by atoms with van der Waals surface area (Å²) in [6, 6.07) is 15.3. The molecule has 0 aliphatic heterocycles. The third kappa shape index (κ3) is 6.10. The lowest BCUT2D eigenvalue weighted by atomic mass is 10.2. The van der Waals surface area contributed by atoms with Crippen LogP contribution in [0, 0.1) is 0 Å². The van der Waals surface area contributed by atoms with Crippen molar-refractivity contribution in [1.29, 1.82) is 0 Å². The van der Waals surface area contributed by atoms with E-state index in [2.05, 4.69) is 5.32 Å². The Morgan fingerprint density at radius 1 is 1.08 bits per heavy atom. The monoisotopic (exact) mass is 379 g/mol. The number of ether oxygens (including phenoxy) is 1. The second-order valence-corrected chi connectivity index (χ2v) is 9.28. The average molecular weight is 380 g/mol. The minimum atomic E-state index is -3.33. The topological polar surface area (TPSA) is 72.5 Å². The lowest BCUT2D eigenvalue weighted by Gasteiger charge is -2.08. The first kappa shape index (κ1) is 19.3. The predicted molar refractivity (Wildman–Crippen MR) is 102 cm³/mol. The number of rotatable bonds is 9. The van der Waals surface area contributed by atoms with Gasteiger partial charge in [-0.15, -0.1) is 0 Å². The standard InChI is InChI=1S/C18H21NO4S2/c1-2-13-23-18(20)15-8-10-16(11-9-15)19-12-14-24-25(21,22)17-6-4-3-5-7-17/h3-11,19H,2,12-14H2,1H3. The summed E-state index contributed by atoms with van der Waals surface area (Å²) in [5, 5.41) is 3.14. The molecule has 5 nitrogen and oxygen atoms in total. The zero-order valence-corrected chi connectivity index (χ0v) is 15.6. The number of hydrogen-bond donors (Lipinski definition) is 1. The first-order valence-corrected chi connectivity index (χ1v) is 11.0. The van der Waals surface area contributed by atoms with Gasteiger partial charge in [-0.25, -0.2) is 13.2 Å². The summed E-state index contributed by atoms with van der Waals surface area (Å²) in [4.78, 5) is 12.0. The molecule has 2 aromatic rings. The summed E-state index contributed by atoms with van der Waals surface area (Å²) in [5.74, 6) is 0.0789. The lowest BCUT2D eigenvalue weighted by Crippen LogP contribution is -2.08. The van der Waals surface area contributed by atoms with Crippen LogP contribution in [0.1, 0.15) is 23.7 Å². The van der Waals surface area contributed by atoms with Crippen LogP contribution in [0.4, 0.5) is 5.69 Å². The van der Waals surface area contributed by atoms with E-state index in [1.54, 1.807) is 54.6 Å². The first-order chi connectivity index (χ1) is 12.0. The van der Waals surface area contributed by atoms with Gasteiger partial charge in [0.25, 0.3) is 0 Å². The van der Waals surface area contributed by atoms with Crippen molar-refractivity contribution in [3.8, 4) is 0 Å². The smallest absolute Gasteiger partial charge is 0.338 e. The van der Waals surface area contributed by atoms with Crippen LogP contribution in [-0.4, -0.2) is 33.3 Å². The Labute approximate surface area is 152 Å². The minimum absolute atomic E-state index is 0.315. The van der Waals surface area contributed by atoms with Crippen molar-refractivity contribution in [2.45, 2.75) is 18.2 Å². The third-order valence-corrected chi connectivity index (χ3v) is 6.80. The molecule has 0 fully saturated rings. The number of carbonyl (C=O) groups excluding carboxylic acids is 1. The van der Waals surface area contributed by atoms with Crippen molar-refractivity contribution in [3.05, 3.63) is 60.2 Å². The average Bonchev–Trinajstić information content (AvgIpc) is 2.64. The fourth-order valence-corrected chi connectivity index (χ4v) is 4.69. The van der Waals surface area contributed by atoms with Crippen molar-refractivity contribution >= 4 is 31.3 Å². The molecule has 1 N–H and O–H groups in total. The summed E-state index contributed by atoms with van der Waals surface area (Å²) >= 11 is 0. The molecule has 0 heterocycles. The highest BCUT2D eigenvalue weighted by Crippen LogP contribution is 2.22. The Balaban J connectivity index is 1.79. The highest BCUT2D eigenvalue weighted by Gasteiger charge is 2.14. The van der Waals surface area contributed by atoms with Gasteiger partial charge in [0.05, 0.1) is 17.1 Å². The van der Waals surface area contributed by atoms with Gasteiger partial charge in [-0.2, -0.15) is 0 Å². The SMILES string of the molecule is CCCOC(=O)c1ccc(NCCSS(=O)(=O)c2ccccc2)cc1. The summed E-state index contributed by atoms with van der Waals surface area (Å²) in [6.07, 6.45) is 0.787. The quantitative estimate of drug-likeness (QED) is 0.406. The summed E-state index contributed by atoms with van der Waals surface area (Å²) < 4.78 is 29.3. The number of nitrogens with one attached hydrogen (secondary N) is 1. The normalized spacial score (nSPS) is 11.1. The van der Waals surface area contributed by atoms with Gasteiger partial charge in [0.2, 0.25) is 8.87 Å². The number of benzene rings is 2. The van der Waals surface area contributed by atoms with Crippen molar-refractivity contribution < 1.29 is 17.9 Å². The van der Waals surface area contributed by atoms with Crippen molar-refractivity contribution in [2.75, 3.05) is 24.2 Å². The molecular weight excluding hydrogens is 358 g/mol. The molecular formula is C18H21NO4S2. The third-order valence-electron chi connectivity index (χ3n) is 3.26. The van der Waals surface area contributed by atoms with E-state index in [-0.39, 0.29) is 5.97 Å². The van der Waals surface area contributed by atoms with Gasteiger partial charge >= 0.3 is 5.97 Å². The number of esters is 1. The van der Waals surface area contributed by atoms with Gasteiger partial charge in [0.1, 0.15) is 0 Å². The predicted octanol–water partition coefficient (Wildman–Crippen LogP) is 3.79. The summed E-state index contributed by atoms with van der Waals surface area (Å²) in [6.45, 7) is 2.85. The van der Waals surface area contributed by atoms with Crippen molar-refractivity contribution in [1.82, 2.24) is 0 Å². The minimum Gasteiger partial charge on any atom is -0.462 e. The number of anilines is 1. The lowest BCUT2D eigenvalue weighted by molar-refractivity contribution is 0.0505. The number of carbonyl (C=O) groups is 1. The van der Waals surface area contributed by atoms with E-state index in [0.29, 0.717) is 29.4 Å². The molecule has 0 atom stereocenters. The molecule has 0 amide bonds. The number of hydrogen-bond acceptors (Lipinski definition) is 6. The zero-order chi connectivity index (χ0) is 18.1. The summed E-state index contributed by atoms with van der Waals surface area (Å²) in [7, 11) is -2.42. The molecule has 0 radical (unpaired) electrons. The summed E-state index contributed by atoms with van der Waals surface area (Å²) in [5.41, 5.74) is 1.32. The van der Waals surface area contributed by atoms with Crippen LogP contribution in [0.15, 0.2) is 59.5 Å². The maximum atomic E-state index is 12.1. The van der Waals surface area contributed by atoms with Crippen LogP contribution >= 0.6 is 10.8 Å². The van der Waals surface area contributed by atoms with E-state index in [4.69, 9.17) is 4.74 Å². The molecule has 0 saturated carbocycles. The fraction of sp³-hybridized carbons (Fsp3) is 0.278. The molecule has 0 bridgehead atoms. The molecule has 2 aromatic carbocycles. The van der Waals surface area contributed by atoms with Gasteiger partial charge in [0.15, 0.2) is 0 Å². The van der Waals surface area contributed by atoms with Crippen molar-refractivity contribution in [2.24, 2.45) is 0 Å². The van der Waals surface area contributed by atoms with Gasteiger partial charge in [-0.05, 0) is 53.6 Å². The highest BCUT2D eigenvalue weighted by atomic mass is 33.1. The fourth-order valence-electron chi connectivity index (χ4n) is 2.00. The second-order valence-electron chi connectivity index (χ2n) is 5.23. The maximum absolute atomic E-state index is 12.1. The molecule has 0 aliphatic carbocycles. The van der Waals surface area contributed by atoms with Crippen LogP contribution in [0.5, 0.6) is 0 Å². The Morgan fingerprint density at radius 3 is 2.40 bits per heavy atom. The molecule has 2 rings (SSSR count). The molecule has 7 heteroatoms. The van der Waals surface area contributed by atoms with E-state index < -0.39 is 8.87 Å².